The van der Waals surface area contributed by atoms with Crippen molar-refractivity contribution in [3.05, 3.63) is 0 Å². The summed E-state index contributed by atoms with van der Waals surface area (Å²) >= 11 is 0. The Balaban J connectivity index is 2.44. The lowest BCUT2D eigenvalue weighted by Crippen LogP contribution is -2.42. The molecule has 0 aromatic heterocycles. The Kier molecular flexibility index (Phi) is 3.74. The molecule has 1 rings (SSSR count). The average molecular weight is 186 g/mol. The van der Waals surface area contributed by atoms with Gasteiger partial charge < -0.3 is 9.47 Å². The smallest absolute Gasteiger partial charge is 0.158 e. The molecule has 0 aromatic carbocycles. The lowest BCUT2D eigenvalue weighted by molar-refractivity contribution is -0.261. The lowest BCUT2D eigenvalue weighted by atomic mass is 9.98. The molecular formula is C11H22O2. The maximum Gasteiger partial charge on any atom is 0.158 e. The largest absolute Gasteiger partial charge is 0.349 e. The standard InChI is InChI=1S/C11H22O2/c1-7(2)6-11-12-9(4)8(3)10(5)13-11/h7-11H,6H2,1-5H3. The van der Waals surface area contributed by atoms with Crippen molar-refractivity contribution in [1.29, 1.82) is 0 Å². The van der Waals surface area contributed by atoms with Gasteiger partial charge in [0, 0.05) is 12.3 Å². The molecular weight excluding hydrogens is 164 g/mol. The van der Waals surface area contributed by atoms with Crippen LogP contribution in [0.25, 0.3) is 0 Å². The van der Waals surface area contributed by atoms with Gasteiger partial charge in [-0.1, -0.05) is 20.8 Å². The van der Waals surface area contributed by atoms with Crippen LogP contribution in [-0.2, 0) is 9.47 Å². The molecule has 1 saturated heterocycles. The van der Waals surface area contributed by atoms with E-state index in [0.29, 0.717) is 24.0 Å². The highest BCUT2D eigenvalue weighted by Crippen LogP contribution is 2.26. The van der Waals surface area contributed by atoms with Gasteiger partial charge in [-0.05, 0) is 19.8 Å². The Morgan fingerprint density at radius 1 is 1.00 bits per heavy atom. The molecule has 1 fully saturated rings. The summed E-state index contributed by atoms with van der Waals surface area (Å²) in [7, 11) is 0. The Hall–Kier alpha value is -0.0800. The first kappa shape index (κ1) is 11.0. The molecule has 0 bridgehead atoms. The van der Waals surface area contributed by atoms with Gasteiger partial charge in [-0.3, -0.25) is 0 Å². The zero-order valence-electron chi connectivity index (χ0n) is 9.41. The van der Waals surface area contributed by atoms with E-state index in [1.165, 1.54) is 0 Å². The second-order valence-corrected chi connectivity index (χ2v) is 4.60. The minimum absolute atomic E-state index is 0.0150. The summed E-state index contributed by atoms with van der Waals surface area (Å²) in [5, 5.41) is 0. The molecule has 2 unspecified atom stereocenters. The van der Waals surface area contributed by atoms with E-state index < -0.39 is 0 Å². The van der Waals surface area contributed by atoms with Crippen molar-refractivity contribution in [3.8, 4) is 0 Å². The van der Waals surface area contributed by atoms with E-state index >= 15 is 0 Å². The van der Waals surface area contributed by atoms with Crippen molar-refractivity contribution >= 4 is 0 Å². The van der Waals surface area contributed by atoms with Crippen LogP contribution in [-0.4, -0.2) is 18.5 Å². The maximum atomic E-state index is 5.76. The Bertz CT molecular complexity index is 144. The molecule has 0 saturated carbocycles. The first-order valence-electron chi connectivity index (χ1n) is 5.31. The summed E-state index contributed by atoms with van der Waals surface area (Å²) in [5.74, 6) is 1.14. The van der Waals surface area contributed by atoms with Crippen LogP contribution >= 0.6 is 0 Å². The first-order chi connectivity index (χ1) is 6.00. The van der Waals surface area contributed by atoms with Crippen LogP contribution in [0.2, 0.25) is 0 Å². The van der Waals surface area contributed by atoms with Gasteiger partial charge in [-0.2, -0.15) is 0 Å². The van der Waals surface area contributed by atoms with Crippen LogP contribution < -0.4 is 0 Å². The third kappa shape index (κ3) is 2.96. The quantitative estimate of drug-likeness (QED) is 0.660. The van der Waals surface area contributed by atoms with Crippen LogP contribution in [0.5, 0.6) is 0 Å². The van der Waals surface area contributed by atoms with E-state index in [1.807, 2.05) is 0 Å². The molecule has 1 aliphatic heterocycles. The Labute approximate surface area is 81.6 Å². The summed E-state index contributed by atoms with van der Waals surface area (Å²) in [6.07, 6.45) is 1.67. The summed E-state index contributed by atoms with van der Waals surface area (Å²) in [6.45, 7) is 10.8. The molecule has 2 heteroatoms. The second-order valence-electron chi connectivity index (χ2n) is 4.60. The highest BCUT2D eigenvalue weighted by atomic mass is 16.7. The molecule has 78 valence electrons. The topological polar surface area (TPSA) is 18.5 Å². The fourth-order valence-corrected chi connectivity index (χ4v) is 1.64. The van der Waals surface area contributed by atoms with Crippen LogP contribution in [0, 0.1) is 11.8 Å². The van der Waals surface area contributed by atoms with Crippen molar-refractivity contribution < 1.29 is 9.47 Å². The highest BCUT2D eigenvalue weighted by Gasteiger charge is 2.31. The van der Waals surface area contributed by atoms with E-state index in [1.54, 1.807) is 0 Å². The van der Waals surface area contributed by atoms with E-state index in [2.05, 4.69) is 34.6 Å². The number of ether oxygens (including phenoxy) is 2. The van der Waals surface area contributed by atoms with Crippen molar-refractivity contribution in [2.24, 2.45) is 11.8 Å². The predicted octanol–water partition coefficient (Wildman–Crippen LogP) is 2.82. The van der Waals surface area contributed by atoms with Gasteiger partial charge in [0.2, 0.25) is 0 Å². The number of hydrogen-bond acceptors (Lipinski definition) is 2. The molecule has 1 aliphatic rings. The van der Waals surface area contributed by atoms with Gasteiger partial charge in [0.15, 0.2) is 6.29 Å². The van der Waals surface area contributed by atoms with Crippen molar-refractivity contribution in [2.45, 2.75) is 59.5 Å². The van der Waals surface area contributed by atoms with Gasteiger partial charge in [-0.25, -0.2) is 0 Å². The van der Waals surface area contributed by atoms with E-state index in [4.69, 9.17) is 9.47 Å². The van der Waals surface area contributed by atoms with Gasteiger partial charge in [-0.15, -0.1) is 0 Å². The van der Waals surface area contributed by atoms with Gasteiger partial charge in [0.05, 0.1) is 12.2 Å². The minimum Gasteiger partial charge on any atom is -0.349 e. The first-order valence-corrected chi connectivity index (χ1v) is 5.31. The second kappa shape index (κ2) is 4.43. The Morgan fingerprint density at radius 2 is 1.46 bits per heavy atom. The van der Waals surface area contributed by atoms with Crippen molar-refractivity contribution in [2.75, 3.05) is 0 Å². The van der Waals surface area contributed by atoms with Crippen LogP contribution in [0.3, 0.4) is 0 Å². The predicted molar refractivity (Wildman–Crippen MR) is 53.5 cm³/mol. The van der Waals surface area contributed by atoms with E-state index in [-0.39, 0.29) is 6.29 Å². The van der Waals surface area contributed by atoms with Crippen molar-refractivity contribution in [1.82, 2.24) is 0 Å². The maximum absolute atomic E-state index is 5.76. The molecule has 0 aromatic rings. The average Bonchev–Trinajstić information content (AvgIpc) is 1.98. The summed E-state index contributed by atoms with van der Waals surface area (Å²) in [5.41, 5.74) is 0. The van der Waals surface area contributed by atoms with Crippen LogP contribution in [0.1, 0.15) is 41.0 Å². The summed E-state index contributed by atoms with van der Waals surface area (Å²) in [6, 6.07) is 0. The lowest BCUT2D eigenvalue weighted by Gasteiger charge is -2.38. The minimum atomic E-state index is 0.0150. The normalized spacial score (nSPS) is 41.1. The number of rotatable bonds is 2. The molecule has 0 aliphatic carbocycles. The molecule has 2 atom stereocenters. The van der Waals surface area contributed by atoms with Gasteiger partial charge >= 0.3 is 0 Å². The molecule has 0 spiro atoms. The van der Waals surface area contributed by atoms with Gasteiger partial charge in [0.1, 0.15) is 0 Å². The highest BCUT2D eigenvalue weighted by molar-refractivity contribution is 4.74. The summed E-state index contributed by atoms with van der Waals surface area (Å²) in [4.78, 5) is 0. The third-order valence-corrected chi connectivity index (χ3v) is 2.88. The molecule has 2 nitrogen and oxygen atoms in total. The molecule has 0 radical (unpaired) electrons. The molecule has 0 amide bonds. The fraction of sp³-hybridized carbons (Fsp3) is 1.00. The Morgan fingerprint density at radius 3 is 1.85 bits per heavy atom. The van der Waals surface area contributed by atoms with Crippen LogP contribution in [0.15, 0.2) is 0 Å². The molecule has 0 N–H and O–H groups in total. The van der Waals surface area contributed by atoms with E-state index in [9.17, 15) is 0 Å². The van der Waals surface area contributed by atoms with E-state index in [0.717, 1.165) is 6.42 Å². The SMILES string of the molecule is CC(C)CC1OC(C)C(C)C(C)O1. The number of hydrogen-bond donors (Lipinski definition) is 0. The summed E-state index contributed by atoms with van der Waals surface area (Å²) < 4.78 is 11.5. The van der Waals surface area contributed by atoms with Gasteiger partial charge in [0.25, 0.3) is 0 Å². The molecule has 13 heavy (non-hydrogen) atoms. The molecule has 1 heterocycles. The monoisotopic (exact) mass is 186 g/mol. The van der Waals surface area contributed by atoms with Crippen LogP contribution in [0.4, 0.5) is 0 Å². The zero-order chi connectivity index (χ0) is 10.0. The zero-order valence-corrected chi connectivity index (χ0v) is 9.41. The third-order valence-electron chi connectivity index (χ3n) is 2.88. The van der Waals surface area contributed by atoms with Crippen molar-refractivity contribution in [3.63, 3.8) is 0 Å². The fourth-order valence-electron chi connectivity index (χ4n) is 1.64.